The number of nitrogens with two attached hydrogens (primary N) is 1. The molecule has 2 heterocycles. The van der Waals surface area contributed by atoms with Crippen molar-refractivity contribution in [3.05, 3.63) is 46.5 Å². The number of aromatic nitrogens is 2. The Kier molecular flexibility index (Phi) is 2.51. The number of nitrogen functional groups attached to an aromatic ring is 1. The van der Waals surface area contributed by atoms with Gasteiger partial charge in [0.2, 0.25) is 5.88 Å². The van der Waals surface area contributed by atoms with Crippen LogP contribution in [-0.2, 0) is 0 Å². The van der Waals surface area contributed by atoms with Crippen LogP contribution in [-0.4, -0.2) is 14.8 Å². The van der Waals surface area contributed by atoms with Gasteiger partial charge < -0.3 is 10.9 Å². The van der Waals surface area contributed by atoms with Gasteiger partial charge in [-0.3, -0.25) is 9.78 Å². The van der Waals surface area contributed by atoms with E-state index in [-0.39, 0.29) is 5.56 Å². The molecule has 0 saturated heterocycles. The first-order valence-corrected chi connectivity index (χ1v) is 4.69. The molecule has 0 radical (unpaired) electrons. The van der Waals surface area contributed by atoms with Crippen LogP contribution in [0.1, 0.15) is 5.56 Å². The standard InChI is InChI=1S/C11H8N4O2/c12-5-9-8(7-2-1-3-14-6-7)4-10(16)15(13)11(9)17/h1-4,6,17H,13H2. The maximum absolute atomic E-state index is 11.5. The topological polar surface area (TPSA) is 105 Å². The Morgan fingerprint density at radius 1 is 1.53 bits per heavy atom. The molecule has 2 rings (SSSR count). The Bertz CT molecular complexity index is 656. The smallest absolute Gasteiger partial charge is 0.272 e. The summed E-state index contributed by atoms with van der Waals surface area (Å²) < 4.78 is 0.526. The summed E-state index contributed by atoms with van der Waals surface area (Å²) in [5.41, 5.74) is 0.224. The van der Waals surface area contributed by atoms with E-state index in [1.807, 2.05) is 6.07 Å². The Hall–Kier alpha value is -2.81. The van der Waals surface area contributed by atoms with Crippen LogP contribution < -0.4 is 11.4 Å². The molecule has 0 bridgehead atoms. The second-order valence-corrected chi connectivity index (χ2v) is 3.32. The molecule has 17 heavy (non-hydrogen) atoms. The van der Waals surface area contributed by atoms with Crippen LogP contribution in [0.25, 0.3) is 11.1 Å². The number of aromatic hydroxyl groups is 1. The fraction of sp³-hybridized carbons (Fsp3) is 0. The minimum atomic E-state index is -0.597. The zero-order chi connectivity index (χ0) is 12.4. The van der Waals surface area contributed by atoms with Crippen molar-refractivity contribution >= 4 is 0 Å². The average molecular weight is 228 g/mol. The minimum absolute atomic E-state index is 0.0555. The van der Waals surface area contributed by atoms with E-state index in [1.54, 1.807) is 18.3 Å². The largest absolute Gasteiger partial charge is 0.492 e. The van der Waals surface area contributed by atoms with E-state index in [1.165, 1.54) is 12.3 Å². The number of hydrogen-bond acceptors (Lipinski definition) is 5. The van der Waals surface area contributed by atoms with Crippen molar-refractivity contribution in [2.45, 2.75) is 0 Å². The van der Waals surface area contributed by atoms with Gasteiger partial charge in [-0.05, 0) is 6.07 Å². The van der Waals surface area contributed by atoms with Gasteiger partial charge in [0.25, 0.3) is 5.56 Å². The third kappa shape index (κ3) is 1.70. The van der Waals surface area contributed by atoms with Gasteiger partial charge in [-0.25, -0.2) is 0 Å². The van der Waals surface area contributed by atoms with Gasteiger partial charge in [0.15, 0.2) is 0 Å². The molecule has 0 aromatic carbocycles. The monoisotopic (exact) mass is 228 g/mol. The molecule has 6 heteroatoms. The number of nitriles is 1. The molecule has 0 amide bonds. The molecular weight excluding hydrogens is 220 g/mol. The van der Waals surface area contributed by atoms with Crippen molar-refractivity contribution in [2.24, 2.45) is 0 Å². The fourth-order valence-corrected chi connectivity index (χ4v) is 1.47. The highest BCUT2D eigenvalue weighted by atomic mass is 16.3. The number of rotatable bonds is 1. The lowest BCUT2D eigenvalue weighted by Crippen LogP contribution is -2.27. The Morgan fingerprint density at radius 3 is 2.88 bits per heavy atom. The third-order valence-corrected chi connectivity index (χ3v) is 2.31. The van der Waals surface area contributed by atoms with Gasteiger partial charge in [-0.1, -0.05) is 6.07 Å². The summed E-state index contributed by atoms with van der Waals surface area (Å²) >= 11 is 0. The average Bonchev–Trinajstić information content (AvgIpc) is 2.36. The molecule has 84 valence electrons. The van der Waals surface area contributed by atoms with E-state index in [0.29, 0.717) is 15.8 Å². The predicted molar refractivity (Wildman–Crippen MR) is 60.5 cm³/mol. The molecule has 6 nitrogen and oxygen atoms in total. The second-order valence-electron chi connectivity index (χ2n) is 3.32. The van der Waals surface area contributed by atoms with E-state index in [9.17, 15) is 9.90 Å². The van der Waals surface area contributed by atoms with Crippen molar-refractivity contribution in [1.82, 2.24) is 9.66 Å². The molecule has 0 atom stereocenters. The van der Waals surface area contributed by atoms with Crippen LogP contribution in [0.4, 0.5) is 0 Å². The summed E-state index contributed by atoms with van der Waals surface area (Å²) in [6, 6.07) is 6.35. The highest BCUT2D eigenvalue weighted by Crippen LogP contribution is 2.25. The lowest BCUT2D eigenvalue weighted by molar-refractivity contribution is 0.428. The number of nitrogens with zero attached hydrogens (tertiary/aromatic N) is 3. The second kappa shape index (κ2) is 3.98. The molecule has 0 saturated carbocycles. The molecule has 0 aliphatic carbocycles. The molecule has 3 N–H and O–H groups in total. The molecule has 0 spiro atoms. The minimum Gasteiger partial charge on any atom is -0.492 e. The Balaban J connectivity index is 2.81. The van der Waals surface area contributed by atoms with Gasteiger partial charge in [-0.2, -0.15) is 9.94 Å². The molecule has 2 aromatic heterocycles. The van der Waals surface area contributed by atoms with E-state index in [2.05, 4.69) is 4.98 Å². The van der Waals surface area contributed by atoms with Crippen LogP contribution in [0.15, 0.2) is 35.4 Å². The first-order valence-electron chi connectivity index (χ1n) is 4.69. The normalized spacial score (nSPS) is 9.82. The summed E-state index contributed by atoms with van der Waals surface area (Å²) in [6.45, 7) is 0. The zero-order valence-electron chi connectivity index (χ0n) is 8.66. The summed E-state index contributed by atoms with van der Waals surface area (Å²) in [5, 5.41) is 18.6. The van der Waals surface area contributed by atoms with Gasteiger partial charge in [-0.15, -0.1) is 0 Å². The molecule has 2 aromatic rings. The maximum Gasteiger partial charge on any atom is 0.272 e. The lowest BCUT2D eigenvalue weighted by atomic mass is 10.0. The van der Waals surface area contributed by atoms with E-state index >= 15 is 0 Å². The molecule has 0 fully saturated rings. The van der Waals surface area contributed by atoms with E-state index in [0.717, 1.165) is 0 Å². The lowest BCUT2D eigenvalue weighted by Gasteiger charge is -2.08. The summed E-state index contributed by atoms with van der Waals surface area (Å²) in [6.07, 6.45) is 3.06. The van der Waals surface area contributed by atoms with Crippen LogP contribution in [0, 0.1) is 11.3 Å². The van der Waals surface area contributed by atoms with E-state index in [4.69, 9.17) is 11.1 Å². The summed E-state index contributed by atoms with van der Waals surface area (Å²) in [5.74, 6) is 4.74. The Labute approximate surface area is 96.2 Å². The quantitative estimate of drug-likeness (QED) is 0.678. The van der Waals surface area contributed by atoms with Crippen LogP contribution in [0.2, 0.25) is 0 Å². The number of hydrogen-bond donors (Lipinski definition) is 2. The van der Waals surface area contributed by atoms with Crippen molar-refractivity contribution in [3.8, 4) is 23.1 Å². The molecule has 0 unspecified atom stereocenters. The van der Waals surface area contributed by atoms with Crippen LogP contribution >= 0.6 is 0 Å². The van der Waals surface area contributed by atoms with Gasteiger partial charge in [0.1, 0.15) is 11.6 Å². The van der Waals surface area contributed by atoms with Gasteiger partial charge >= 0.3 is 0 Å². The first kappa shape index (κ1) is 10.7. The SMILES string of the molecule is N#Cc1c(-c2cccnc2)cc(=O)n(N)c1O. The van der Waals surface area contributed by atoms with Gasteiger partial charge in [0, 0.05) is 29.6 Å². The highest BCUT2D eigenvalue weighted by molar-refractivity contribution is 5.71. The maximum atomic E-state index is 11.5. The van der Waals surface area contributed by atoms with Crippen molar-refractivity contribution < 1.29 is 5.11 Å². The van der Waals surface area contributed by atoms with Crippen molar-refractivity contribution in [3.63, 3.8) is 0 Å². The summed E-state index contributed by atoms with van der Waals surface area (Å²) in [7, 11) is 0. The molecule has 0 aliphatic rings. The fourth-order valence-electron chi connectivity index (χ4n) is 1.47. The molecular formula is C11H8N4O2. The van der Waals surface area contributed by atoms with Crippen LogP contribution in [0.5, 0.6) is 5.88 Å². The first-order chi connectivity index (χ1) is 8.15. The predicted octanol–water partition coefficient (Wildman–Crippen LogP) is 0.201. The van der Waals surface area contributed by atoms with Crippen LogP contribution in [0.3, 0.4) is 0 Å². The van der Waals surface area contributed by atoms with Crippen molar-refractivity contribution in [2.75, 3.05) is 5.84 Å². The van der Waals surface area contributed by atoms with Gasteiger partial charge in [0.05, 0.1) is 0 Å². The summed E-state index contributed by atoms with van der Waals surface area (Å²) in [4.78, 5) is 15.3. The highest BCUT2D eigenvalue weighted by Gasteiger charge is 2.14. The number of pyridine rings is 2. The molecule has 0 aliphatic heterocycles. The van der Waals surface area contributed by atoms with E-state index < -0.39 is 11.4 Å². The van der Waals surface area contributed by atoms with Crippen molar-refractivity contribution in [1.29, 1.82) is 5.26 Å². The third-order valence-electron chi connectivity index (χ3n) is 2.31. The Morgan fingerprint density at radius 2 is 2.29 bits per heavy atom. The zero-order valence-corrected chi connectivity index (χ0v) is 8.66.